The minimum absolute atomic E-state index is 0. The number of benzene rings is 11. The number of furan rings is 1. The van der Waals surface area contributed by atoms with Gasteiger partial charge in [0.15, 0.2) is 0 Å². The summed E-state index contributed by atoms with van der Waals surface area (Å²) in [5.41, 5.74) is 25.2. The molecule has 0 aliphatic rings. The molecule has 4 aromatic heterocycles. The predicted octanol–water partition coefficient (Wildman–Crippen LogP) is 24.3. The van der Waals surface area contributed by atoms with Crippen LogP contribution < -0.4 is 0 Å². The summed E-state index contributed by atoms with van der Waals surface area (Å²) in [6.07, 6.45) is 3.93. The number of fused-ring (bicyclic) bond motifs is 5. The van der Waals surface area contributed by atoms with Crippen molar-refractivity contribution >= 4 is 44.0 Å². The molecular formula is C89H83IrN6O. The van der Waals surface area contributed by atoms with Gasteiger partial charge in [0, 0.05) is 34.8 Å². The molecule has 15 rings (SSSR count). The van der Waals surface area contributed by atoms with Crippen LogP contribution in [0.4, 0.5) is 0 Å². The smallest absolute Gasteiger partial charge is 0.501 e. The van der Waals surface area contributed by atoms with Gasteiger partial charge in [-0.25, -0.2) is 0 Å². The third-order valence-corrected chi connectivity index (χ3v) is 18.3. The normalized spacial score (nSPS) is 11.6. The fraction of sp³-hybridized carbons (Fsp3) is 0.202. The molecule has 7 nitrogen and oxygen atoms in total. The number of hydrogen-bond donors (Lipinski definition) is 0. The van der Waals surface area contributed by atoms with Crippen molar-refractivity contribution in [1.29, 1.82) is 0 Å². The van der Waals surface area contributed by atoms with Gasteiger partial charge in [0.2, 0.25) is 0 Å². The second-order valence-corrected chi connectivity index (χ2v) is 26.8. The summed E-state index contributed by atoms with van der Waals surface area (Å²) in [6.45, 7) is 27.2. The van der Waals surface area contributed by atoms with Gasteiger partial charge in [-0.05, 0) is 134 Å². The van der Waals surface area contributed by atoms with Crippen LogP contribution in [0.1, 0.15) is 152 Å². The molecule has 11 aromatic carbocycles. The molecule has 0 radical (unpaired) electrons. The predicted molar refractivity (Wildman–Crippen MR) is 401 cm³/mol. The van der Waals surface area contributed by atoms with E-state index in [0.29, 0.717) is 23.7 Å². The van der Waals surface area contributed by atoms with Crippen LogP contribution in [0, 0.1) is 18.2 Å². The zero-order valence-corrected chi connectivity index (χ0v) is 60.0. The Labute approximate surface area is 585 Å². The molecule has 0 spiro atoms. The Morgan fingerprint density at radius 1 is 0.351 bits per heavy atom. The molecule has 8 heteroatoms. The molecule has 0 amide bonds. The molecular weight excluding hydrogens is 1360 g/mol. The Kier molecular flexibility index (Phi) is 20.1. The first kappa shape index (κ1) is 67.0. The molecule has 0 aliphatic carbocycles. The van der Waals surface area contributed by atoms with Gasteiger partial charge in [-0.1, -0.05) is 227 Å². The summed E-state index contributed by atoms with van der Waals surface area (Å²) < 4.78 is 13.7. The Balaban J connectivity index is 0.000000150. The summed E-state index contributed by atoms with van der Waals surface area (Å²) in [6, 6.07) is 92.9. The number of para-hydroxylation sites is 6. The van der Waals surface area contributed by atoms with Crippen LogP contribution >= 0.6 is 0 Å². The van der Waals surface area contributed by atoms with Crippen LogP contribution in [0.15, 0.2) is 253 Å². The minimum Gasteiger partial charge on any atom is -0.501 e. The average molecular weight is 1440 g/mol. The Hall–Kier alpha value is -9.98. The summed E-state index contributed by atoms with van der Waals surface area (Å²) in [5, 5.41) is 2.15. The van der Waals surface area contributed by atoms with Gasteiger partial charge in [0.05, 0.1) is 45.1 Å². The molecule has 0 N–H and O–H groups in total. The summed E-state index contributed by atoms with van der Waals surface area (Å²) in [7, 11) is 0. The zero-order chi connectivity index (χ0) is 66.7. The summed E-state index contributed by atoms with van der Waals surface area (Å²) in [4.78, 5) is 14.9. The maximum atomic E-state index is 6.73. The van der Waals surface area contributed by atoms with Crippen LogP contribution in [0.3, 0.4) is 0 Å². The van der Waals surface area contributed by atoms with Gasteiger partial charge in [0.25, 0.3) is 0 Å². The Bertz CT molecular complexity index is 5100. The van der Waals surface area contributed by atoms with Crippen molar-refractivity contribution in [2.45, 2.75) is 119 Å². The first-order chi connectivity index (χ1) is 46.6. The molecule has 4 heterocycles. The van der Waals surface area contributed by atoms with E-state index >= 15 is 0 Å². The van der Waals surface area contributed by atoms with Gasteiger partial charge in [-0.3, -0.25) is 15.0 Å². The molecule has 0 atom stereocenters. The van der Waals surface area contributed by atoms with Crippen LogP contribution in [-0.2, 0) is 20.1 Å². The van der Waals surface area contributed by atoms with E-state index in [1.807, 2.05) is 54.7 Å². The van der Waals surface area contributed by atoms with E-state index in [2.05, 4.69) is 314 Å². The fourth-order valence-electron chi connectivity index (χ4n) is 13.5. The van der Waals surface area contributed by atoms with E-state index in [-0.39, 0.29) is 31.9 Å². The van der Waals surface area contributed by atoms with Crippen molar-refractivity contribution < 1.29 is 24.5 Å². The van der Waals surface area contributed by atoms with Crippen LogP contribution in [0.25, 0.3) is 117 Å². The van der Waals surface area contributed by atoms with Crippen LogP contribution in [-0.4, -0.2) is 28.7 Å². The Morgan fingerprint density at radius 2 is 0.804 bits per heavy atom. The largest absolute Gasteiger partial charge is 3.00 e. The van der Waals surface area contributed by atoms with E-state index in [0.717, 1.165) is 83.7 Å². The summed E-state index contributed by atoms with van der Waals surface area (Å²) in [5.74, 6) is 5.07. The number of aromatic nitrogens is 6. The van der Waals surface area contributed by atoms with Gasteiger partial charge in [-0.2, -0.15) is 0 Å². The van der Waals surface area contributed by atoms with E-state index in [4.69, 9.17) is 14.4 Å². The number of rotatable bonds is 14. The third-order valence-electron chi connectivity index (χ3n) is 18.3. The number of imidazole rings is 3. The zero-order valence-electron chi connectivity index (χ0n) is 57.6. The molecule has 0 aliphatic heterocycles. The van der Waals surface area contributed by atoms with Gasteiger partial charge < -0.3 is 18.1 Å². The van der Waals surface area contributed by atoms with E-state index in [1.54, 1.807) is 0 Å². The van der Waals surface area contributed by atoms with E-state index in [9.17, 15) is 0 Å². The third kappa shape index (κ3) is 13.4. The van der Waals surface area contributed by atoms with Crippen LogP contribution in [0.2, 0.25) is 0 Å². The topological polar surface area (TPSA) is 66.6 Å². The fourth-order valence-corrected chi connectivity index (χ4v) is 13.5. The van der Waals surface area contributed by atoms with Crippen molar-refractivity contribution in [3.05, 3.63) is 301 Å². The molecule has 0 unspecified atom stereocenters. The second kappa shape index (κ2) is 29.2. The maximum Gasteiger partial charge on any atom is 3.00 e. The first-order valence-corrected chi connectivity index (χ1v) is 34.0. The monoisotopic (exact) mass is 1440 g/mol. The number of hydrogen-bond acceptors (Lipinski definition) is 4. The van der Waals surface area contributed by atoms with Crippen LogP contribution in [0.5, 0.6) is 0 Å². The molecule has 0 fully saturated rings. The molecule has 0 bridgehead atoms. The summed E-state index contributed by atoms with van der Waals surface area (Å²) >= 11 is 0. The van der Waals surface area contributed by atoms with Gasteiger partial charge in [-0.15, -0.1) is 90.0 Å². The van der Waals surface area contributed by atoms with Crippen molar-refractivity contribution in [1.82, 2.24) is 28.7 Å². The first-order valence-electron chi connectivity index (χ1n) is 34.0. The average Bonchev–Trinajstić information content (AvgIpc) is 1.69. The molecule has 0 saturated heterocycles. The standard InChI is InChI=1S/C43H35N2O.C25H25N2.C21H23N2.Ir/c1-27(2)36-24-32(30-16-9-6-10-17-30)25-37(28(3)4)41(36)45-39-21-12-11-20-38(39)44-43(45)35-19-13-18-34-33-23-22-31(26-40(33)46-42(34)35)29-14-7-5-8-15-29;1-17(2)20-13-10-14-21(18(3)4)24(20)27-23-16-9-8-15-22(23)26-25(27)19-11-6-5-7-12-19;1-15(2)18-11-8-12-19(16(3)4)20(18)23-14-13-22-21(23)17-9-6-5-7-10-17;/h5-18,20-28H,1-4H3;5-11,13-18H,1-4H3;5-9,11-16H,1-4H3;/q3*-1;+3. The molecule has 97 heavy (non-hydrogen) atoms. The number of nitrogens with zero attached hydrogens (tertiary/aromatic N) is 6. The van der Waals surface area contributed by atoms with Crippen molar-refractivity contribution in [3.8, 4) is 73.5 Å². The van der Waals surface area contributed by atoms with E-state index < -0.39 is 0 Å². The van der Waals surface area contributed by atoms with Crippen molar-refractivity contribution in [2.75, 3.05) is 0 Å². The van der Waals surface area contributed by atoms with Gasteiger partial charge in [0.1, 0.15) is 5.58 Å². The quantitative estimate of drug-likeness (QED) is 0.102. The van der Waals surface area contributed by atoms with E-state index in [1.165, 1.54) is 67.1 Å². The van der Waals surface area contributed by atoms with Gasteiger partial charge >= 0.3 is 20.1 Å². The maximum absolute atomic E-state index is 6.73. The van der Waals surface area contributed by atoms with Crippen molar-refractivity contribution in [3.63, 3.8) is 0 Å². The SMILES string of the molecule is CC(C)c1cc(-c2ccccc2)cc(C(C)C)c1-n1c(-c2[c-]ccc3c2oc2cc(-c4ccccc4)ccc23)nc2ccccc21.CC(C)c1cccc(C(C)C)c1-n1c(-c2[c-]cccc2)nc2ccccc21.CC(C)c1cccc(C(C)C)c1-n1ccnc1-c1[c-]cccc1.[Ir+3]. The Morgan fingerprint density at radius 3 is 1.32 bits per heavy atom. The molecule has 15 aromatic rings. The van der Waals surface area contributed by atoms with Crippen molar-refractivity contribution in [2.24, 2.45) is 0 Å². The molecule has 0 saturated carbocycles. The minimum atomic E-state index is 0. The molecule has 484 valence electrons. The second-order valence-electron chi connectivity index (χ2n) is 26.8.